The Balaban J connectivity index is 2.06. The van der Waals surface area contributed by atoms with Gasteiger partial charge in [0.2, 0.25) is 0 Å². The van der Waals surface area contributed by atoms with Crippen LogP contribution in [0.4, 0.5) is 0 Å². The number of nitrogens with two attached hydrogens (primary N) is 1. The van der Waals surface area contributed by atoms with Crippen molar-refractivity contribution in [1.82, 2.24) is 9.80 Å². The van der Waals surface area contributed by atoms with Gasteiger partial charge in [0.25, 0.3) is 0 Å². The van der Waals surface area contributed by atoms with Gasteiger partial charge in [0.05, 0.1) is 0 Å². The minimum Gasteiger partial charge on any atom is -0.329 e. The average molecular weight is 296 g/mol. The van der Waals surface area contributed by atoms with Gasteiger partial charge >= 0.3 is 0 Å². The Kier molecular flexibility index (Phi) is 6.10. The van der Waals surface area contributed by atoms with E-state index in [2.05, 4.69) is 37.5 Å². The quantitative estimate of drug-likeness (QED) is 0.783. The minimum absolute atomic E-state index is 0.277. The number of hydrogen-bond donors (Lipinski definition) is 1. The molecular formula is C18H37N3. The summed E-state index contributed by atoms with van der Waals surface area (Å²) in [6.45, 7) is 13.9. The fraction of sp³-hybridized carbons (Fsp3) is 1.00. The fourth-order valence-corrected chi connectivity index (χ4v) is 3.92. The summed E-state index contributed by atoms with van der Waals surface area (Å²) in [6, 6.07) is 1.50. The van der Waals surface area contributed by atoms with Crippen LogP contribution < -0.4 is 5.73 Å². The monoisotopic (exact) mass is 295 g/mol. The molecule has 0 aromatic carbocycles. The van der Waals surface area contributed by atoms with E-state index in [0.29, 0.717) is 6.04 Å². The second-order valence-corrected chi connectivity index (χ2v) is 8.02. The maximum absolute atomic E-state index is 6.34. The van der Waals surface area contributed by atoms with Crippen molar-refractivity contribution in [2.45, 2.75) is 83.8 Å². The number of rotatable bonds is 7. The third kappa shape index (κ3) is 4.43. The molecule has 2 fully saturated rings. The van der Waals surface area contributed by atoms with Gasteiger partial charge < -0.3 is 10.6 Å². The van der Waals surface area contributed by atoms with Crippen molar-refractivity contribution in [3.05, 3.63) is 0 Å². The lowest BCUT2D eigenvalue weighted by atomic mass is 9.87. The van der Waals surface area contributed by atoms with Crippen LogP contribution in [0.15, 0.2) is 0 Å². The topological polar surface area (TPSA) is 32.5 Å². The van der Waals surface area contributed by atoms with Crippen molar-refractivity contribution in [1.29, 1.82) is 0 Å². The first kappa shape index (κ1) is 17.2. The Morgan fingerprint density at radius 1 is 1.14 bits per heavy atom. The molecule has 1 aliphatic heterocycles. The number of nitrogens with zero attached hydrogens (tertiary/aromatic N) is 2. The van der Waals surface area contributed by atoms with Crippen molar-refractivity contribution in [2.75, 3.05) is 26.2 Å². The minimum atomic E-state index is 0.277. The van der Waals surface area contributed by atoms with Crippen molar-refractivity contribution in [2.24, 2.45) is 11.7 Å². The smallest absolute Gasteiger partial charge is 0.0347 e. The summed E-state index contributed by atoms with van der Waals surface area (Å²) in [6.07, 6.45) is 7.96. The molecule has 0 aromatic rings. The molecular weight excluding hydrogens is 258 g/mol. The predicted octanol–water partition coefficient (Wildman–Crippen LogP) is 3.09. The molecule has 1 saturated heterocycles. The standard InChI is InChI=1S/C18H37N3/c1-15(2)8-12-21(17-6-7-17)18(14-19)9-5-11-20(13-10-18)16(3)4/h15-17H,5-14,19H2,1-4H3. The molecule has 2 rings (SSSR count). The zero-order valence-corrected chi connectivity index (χ0v) is 14.8. The Bertz CT molecular complexity index is 312. The van der Waals surface area contributed by atoms with E-state index < -0.39 is 0 Å². The predicted molar refractivity (Wildman–Crippen MR) is 91.5 cm³/mol. The van der Waals surface area contributed by atoms with E-state index in [1.54, 1.807) is 0 Å². The van der Waals surface area contributed by atoms with Crippen LogP contribution in [0.5, 0.6) is 0 Å². The van der Waals surface area contributed by atoms with Gasteiger partial charge in [-0.05, 0) is 71.4 Å². The van der Waals surface area contributed by atoms with Gasteiger partial charge in [-0.1, -0.05) is 13.8 Å². The van der Waals surface area contributed by atoms with E-state index in [4.69, 9.17) is 5.73 Å². The van der Waals surface area contributed by atoms with Crippen LogP contribution >= 0.6 is 0 Å². The van der Waals surface area contributed by atoms with E-state index in [9.17, 15) is 0 Å². The lowest BCUT2D eigenvalue weighted by Gasteiger charge is -2.44. The molecule has 3 nitrogen and oxygen atoms in total. The summed E-state index contributed by atoms with van der Waals surface area (Å²) >= 11 is 0. The van der Waals surface area contributed by atoms with Crippen molar-refractivity contribution < 1.29 is 0 Å². The van der Waals surface area contributed by atoms with Crippen LogP contribution in [0.1, 0.15) is 66.2 Å². The SMILES string of the molecule is CC(C)CCN(C1CC1)C1(CN)CCCN(C(C)C)CC1. The van der Waals surface area contributed by atoms with E-state index in [0.717, 1.165) is 18.5 Å². The third-order valence-corrected chi connectivity index (χ3v) is 5.61. The molecule has 0 radical (unpaired) electrons. The molecule has 1 heterocycles. The van der Waals surface area contributed by atoms with Gasteiger partial charge in [0.1, 0.15) is 0 Å². The molecule has 1 unspecified atom stereocenters. The average Bonchev–Trinajstić information content (AvgIpc) is 3.25. The van der Waals surface area contributed by atoms with Gasteiger partial charge in [-0.3, -0.25) is 4.90 Å². The second-order valence-electron chi connectivity index (χ2n) is 8.02. The molecule has 21 heavy (non-hydrogen) atoms. The molecule has 0 amide bonds. The maximum atomic E-state index is 6.34. The molecule has 0 aromatic heterocycles. The summed E-state index contributed by atoms with van der Waals surface area (Å²) in [5.74, 6) is 0.791. The molecule has 1 atom stereocenters. The molecule has 1 aliphatic carbocycles. The highest BCUT2D eigenvalue weighted by Crippen LogP contribution is 2.38. The highest BCUT2D eigenvalue weighted by atomic mass is 15.3. The Morgan fingerprint density at radius 2 is 1.86 bits per heavy atom. The number of likely N-dealkylation sites (tertiary alicyclic amines) is 1. The molecule has 124 valence electrons. The summed E-state index contributed by atoms with van der Waals surface area (Å²) in [7, 11) is 0. The first-order valence-corrected chi connectivity index (χ1v) is 9.19. The summed E-state index contributed by atoms with van der Waals surface area (Å²) in [4.78, 5) is 5.47. The zero-order chi connectivity index (χ0) is 15.5. The van der Waals surface area contributed by atoms with Gasteiger partial charge in [-0.15, -0.1) is 0 Å². The number of hydrogen-bond acceptors (Lipinski definition) is 3. The molecule has 1 saturated carbocycles. The summed E-state index contributed by atoms with van der Waals surface area (Å²) in [5.41, 5.74) is 6.62. The van der Waals surface area contributed by atoms with Crippen LogP contribution in [-0.2, 0) is 0 Å². The summed E-state index contributed by atoms with van der Waals surface area (Å²) < 4.78 is 0. The van der Waals surface area contributed by atoms with Crippen LogP contribution in [0, 0.1) is 5.92 Å². The zero-order valence-electron chi connectivity index (χ0n) is 14.8. The van der Waals surface area contributed by atoms with Crippen molar-refractivity contribution in [3.63, 3.8) is 0 Å². The van der Waals surface area contributed by atoms with Crippen LogP contribution in [0.3, 0.4) is 0 Å². The van der Waals surface area contributed by atoms with Gasteiger partial charge in [0.15, 0.2) is 0 Å². The second kappa shape index (κ2) is 7.43. The van der Waals surface area contributed by atoms with Crippen LogP contribution in [0.25, 0.3) is 0 Å². The first-order chi connectivity index (χ1) is 9.98. The molecule has 0 spiro atoms. The van der Waals surface area contributed by atoms with Gasteiger partial charge in [-0.2, -0.15) is 0 Å². The Hall–Kier alpha value is -0.120. The lowest BCUT2D eigenvalue weighted by Crippen LogP contribution is -2.56. The molecule has 3 heteroatoms. The Morgan fingerprint density at radius 3 is 2.38 bits per heavy atom. The highest BCUT2D eigenvalue weighted by molar-refractivity contribution is 5.01. The van der Waals surface area contributed by atoms with Crippen LogP contribution in [-0.4, -0.2) is 53.6 Å². The van der Waals surface area contributed by atoms with E-state index in [1.807, 2.05) is 0 Å². The van der Waals surface area contributed by atoms with Crippen LogP contribution in [0.2, 0.25) is 0 Å². The molecule has 0 bridgehead atoms. The molecule has 2 N–H and O–H groups in total. The van der Waals surface area contributed by atoms with Gasteiger partial charge in [0, 0.05) is 30.7 Å². The Labute approximate surface area is 132 Å². The third-order valence-electron chi connectivity index (χ3n) is 5.61. The van der Waals surface area contributed by atoms with E-state index >= 15 is 0 Å². The largest absolute Gasteiger partial charge is 0.329 e. The van der Waals surface area contributed by atoms with E-state index in [-0.39, 0.29) is 5.54 Å². The van der Waals surface area contributed by atoms with Gasteiger partial charge in [-0.25, -0.2) is 0 Å². The molecule has 2 aliphatic rings. The first-order valence-electron chi connectivity index (χ1n) is 9.19. The lowest BCUT2D eigenvalue weighted by molar-refractivity contribution is 0.0634. The summed E-state index contributed by atoms with van der Waals surface area (Å²) in [5, 5.41) is 0. The van der Waals surface area contributed by atoms with E-state index in [1.165, 1.54) is 58.2 Å². The van der Waals surface area contributed by atoms with Crippen molar-refractivity contribution >= 4 is 0 Å². The maximum Gasteiger partial charge on any atom is 0.0347 e. The fourth-order valence-electron chi connectivity index (χ4n) is 3.92. The normalized spacial score (nSPS) is 28.6. The highest BCUT2D eigenvalue weighted by Gasteiger charge is 2.43. The van der Waals surface area contributed by atoms with Crippen molar-refractivity contribution in [3.8, 4) is 0 Å².